The minimum Gasteiger partial charge on any atom is -0.372 e. The summed E-state index contributed by atoms with van der Waals surface area (Å²) in [5.41, 5.74) is 6.92. The van der Waals surface area contributed by atoms with E-state index >= 15 is 0 Å². The molecule has 0 bridgehead atoms. The lowest BCUT2D eigenvalue weighted by Gasteiger charge is -2.24. The van der Waals surface area contributed by atoms with Gasteiger partial charge in [-0.05, 0) is 36.5 Å². The van der Waals surface area contributed by atoms with Crippen LogP contribution in [0.15, 0.2) is 24.3 Å². The minimum absolute atomic E-state index is 0.00388. The largest absolute Gasteiger partial charge is 0.372 e. The third-order valence-electron chi connectivity index (χ3n) is 3.71. The molecule has 1 aliphatic rings. The van der Waals surface area contributed by atoms with Crippen LogP contribution in [0.25, 0.3) is 0 Å². The van der Waals surface area contributed by atoms with E-state index in [4.69, 9.17) is 22.1 Å². The van der Waals surface area contributed by atoms with Gasteiger partial charge in [0.2, 0.25) is 0 Å². The van der Waals surface area contributed by atoms with Crippen LogP contribution in [0.4, 0.5) is 0 Å². The summed E-state index contributed by atoms with van der Waals surface area (Å²) in [7, 11) is 0. The predicted octanol–water partition coefficient (Wildman–Crippen LogP) is 3.94. The van der Waals surface area contributed by atoms with E-state index in [9.17, 15) is 0 Å². The molecule has 100 valence electrons. The van der Waals surface area contributed by atoms with E-state index in [0.717, 1.165) is 23.1 Å². The van der Waals surface area contributed by atoms with Gasteiger partial charge >= 0.3 is 0 Å². The molecule has 2 N–H and O–H groups in total. The Balaban J connectivity index is 1.86. The van der Waals surface area contributed by atoms with Crippen molar-refractivity contribution in [2.45, 2.75) is 38.2 Å². The fraction of sp³-hybridized carbons (Fsp3) is 0.600. The molecule has 0 aliphatic heterocycles. The number of hydrogen-bond donors (Lipinski definition) is 1. The Hall–Kier alpha value is -0.570. The smallest absolute Gasteiger partial charge is 0.0947 e. The normalized spacial score (nSPS) is 18.8. The van der Waals surface area contributed by atoms with Crippen LogP contribution in [-0.2, 0) is 4.74 Å². The molecule has 1 fully saturated rings. The van der Waals surface area contributed by atoms with Gasteiger partial charge in [-0.15, -0.1) is 0 Å². The molecular formula is C15H22ClNO. The zero-order valence-electron chi connectivity index (χ0n) is 10.8. The lowest BCUT2D eigenvalue weighted by atomic mass is 9.90. The molecule has 1 atom stereocenters. The molecule has 3 heteroatoms. The molecule has 1 saturated carbocycles. The number of nitrogens with two attached hydrogens (primary N) is 1. The van der Waals surface area contributed by atoms with Crippen LogP contribution in [0.2, 0.25) is 5.02 Å². The van der Waals surface area contributed by atoms with Gasteiger partial charge in [0.25, 0.3) is 0 Å². The number of rotatable bonds is 5. The molecule has 0 heterocycles. The van der Waals surface area contributed by atoms with Gasteiger partial charge in [0, 0.05) is 11.6 Å². The summed E-state index contributed by atoms with van der Waals surface area (Å²) in [6, 6.07) is 7.79. The van der Waals surface area contributed by atoms with Crippen molar-refractivity contribution in [1.29, 1.82) is 0 Å². The fourth-order valence-corrected chi connectivity index (χ4v) is 2.71. The van der Waals surface area contributed by atoms with Gasteiger partial charge in [0.1, 0.15) is 0 Å². The number of ether oxygens (including phenoxy) is 1. The van der Waals surface area contributed by atoms with E-state index in [1.807, 2.05) is 24.3 Å². The highest BCUT2D eigenvalue weighted by Crippen LogP contribution is 2.26. The Morgan fingerprint density at radius 2 is 1.83 bits per heavy atom. The van der Waals surface area contributed by atoms with Gasteiger partial charge in [-0.3, -0.25) is 0 Å². The molecule has 0 aromatic heterocycles. The average molecular weight is 268 g/mol. The van der Waals surface area contributed by atoms with E-state index in [-0.39, 0.29) is 6.10 Å². The van der Waals surface area contributed by atoms with Crippen LogP contribution < -0.4 is 5.73 Å². The summed E-state index contributed by atoms with van der Waals surface area (Å²) in [5, 5.41) is 0.752. The van der Waals surface area contributed by atoms with E-state index in [1.54, 1.807) is 0 Å². The molecule has 2 rings (SSSR count). The van der Waals surface area contributed by atoms with Gasteiger partial charge in [-0.1, -0.05) is 43.0 Å². The van der Waals surface area contributed by atoms with Crippen molar-refractivity contribution in [2.75, 3.05) is 13.2 Å². The van der Waals surface area contributed by atoms with Gasteiger partial charge in [0.15, 0.2) is 0 Å². The molecule has 0 amide bonds. The van der Waals surface area contributed by atoms with Crippen molar-refractivity contribution in [3.8, 4) is 0 Å². The topological polar surface area (TPSA) is 35.2 Å². The summed E-state index contributed by atoms with van der Waals surface area (Å²) in [6.07, 6.45) is 6.69. The van der Waals surface area contributed by atoms with Gasteiger partial charge in [0.05, 0.1) is 12.7 Å². The van der Waals surface area contributed by atoms with Crippen LogP contribution in [-0.4, -0.2) is 13.2 Å². The first-order chi connectivity index (χ1) is 8.79. The molecule has 0 spiro atoms. The van der Waals surface area contributed by atoms with E-state index < -0.39 is 0 Å². The lowest BCUT2D eigenvalue weighted by Crippen LogP contribution is -2.20. The second-order valence-corrected chi connectivity index (χ2v) is 5.55. The number of hydrogen-bond acceptors (Lipinski definition) is 2. The Morgan fingerprint density at radius 3 is 2.44 bits per heavy atom. The van der Waals surface area contributed by atoms with Crippen LogP contribution in [0, 0.1) is 5.92 Å². The Kier molecular flexibility index (Phi) is 5.48. The lowest BCUT2D eigenvalue weighted by molar-refractivity contribution is 0.0246. The second-order valence-electron chi connectivity index (χ2n) is 5.11. The first-order valence-corrected chi connectivity index (χ1v) is 7.24. The van der Waals surface area contributed by atoms with Crippen molar-refractivity contribution in [1.82, 2.24) is 0 Å². The zero-order chi connectivity index (χ0) is 12.8. The van der Waals surface area contributed by atoms with Crippen molar-refractivity contribution in [2.24, 2.45) is 11.7 Å². The third kappa shape index (κ3) is 3.98. The SMILES string of the molecule is NCC(OCC1CCCCC1)c1ccc(Cl)cc1. The van der Waals surface area contributed by atoms with Crippen LogP contribution in [0.5, 0.6) is 0 Å². The molecule has 1 unspecified atom stereocenters. The molecule has 0 radical (unpaired) electrons. The Bertz CT molecular complexity index is 346. The Labute approximate surface area is 114 Å². The molecule has 0 saturated heterocycles. The summed E-state index contributed by atoms with van der Waals surface area (Å²) in [5.74, 6) is 0.722. The summed E-state index contributed by atoms with van der Waals surface area (Å²) >= 11 is 5.89. The maximum absolute atomic E-state index is 5.99. The van der Waals surface area contributed by atoms with Crippen molar-refractivity contribution >= 4 is 11.6 Å². The zero-order valence-corrected chi connectivity index (χ0v) is 11.5. The first-order valence-electron chi connectivity index (χ1n) is 6.86. The standard InChI is InChI=1S/C15H22ClNO/c16-14-8-6-13(7-9-14)15(10-17)18-11-12-4-2-1-3-5-12/h6-9,12,15H,1-5,10-11,17H2. The number of benzene rings is 1. The summed E-state index contributed by atoms with van der Waals surface area (Å²) < 4.78 is 5.99. The first kappa shape index (κ1) is 13.9. The van der Waals surface area contributed by atoms with Crippen LogP contribution in [0.3, 0.4) is 0 Å². The van der Waals surface area contributed by atoms with Crippen LogP contribution in [0.1, 0.15) is 43.8 Å². The minimum atomic E-state index is 0.00388. The van der Waals surface area contributed by atoms with E-state index in [1.165, 1.54) is 32.1 Å². The fourth-order valence-electron chi connectivity index (χ4n) is 2.58. The van der Waals surface area contributed by atoms with E-state index in [2.05, 4.69) is 0 Å². The van der Waals surface area contributed by atoms with Gasteiger partial charge < -0.3 is 10.5 Å². The van der Waals surface area contributed by atoms with Crippen molar-refractivity contribution in [3.63, 3.8) is 0 Å². The monoisotopic (exact) mass is 267 g/mol. The van der Waals surface area contributed by atoms with Crippen LogP contribution >= 0.6 is 11.6 Å². The second kappa shape index (κ2) is 7.13. The third-order valence-corrected chi connectivity index (χ3v) is 3.97. The molecule has 2 nitrogen and oxygen atoms in total. The highest BCUT2D eigenvalue weighted by molar-refractivity contribution is 6.30. The molecule has 1 aromatic rings. The van der Waals surface area contributed by atoms with Crippen molar-refractivity contribution < 1.29 is 4.74 Å². The Morgan fingerprint density at radius 1 is 1.17 bits per heavy atom. The quantitative estimate of drug-likeness (QED) is 0.877. The summed E-state index contributed by atoms with van der Waals surface area (Å²) in [6.45, 7) is 1.36. The maximum atomic E-state index is 5.99. The molecule has 1 aromatic carbocycles. The van der Waals surface area contributed by atoms with Crippen molar-refractivity contribution in [3.05, 3.63) is 34.9 Å². The maximum Gasteiger partial charge on any atom is 0.0947 e. The van der Waals surface area contributed by atoms with Gasteiger partial charge in [-0.2, -0.15) is 0 Å². The molecule has 18 heavy (non-hydrogen) atoms. The highest BCUT2D eigenvalue weighted by atomic mass is 35.5. The highest BCUT2D eigenvalue weighted by Gasteiger charge is 2.16. The molecular weight excluding hydrogens is 246 g/mol. The summed E-state index contributed by atoms with van der Waals surface area (Å²) in [4.78, 5) is 0. The van der Waals surface area contributed by atoms with E-state index in [0.29, 0.717) is 6.54 Å². The number of halogens is 1. The predicted molar refractivity (Wildman–Crippen MR) is 75.8 cm³/mol. The average Bonchev–Trinajstić information content (AvgIpc) is 2.42. The molecule has 1 aliphatic carbocycles. The van der Waals surface area contributed by atoms with Gasteiger partial charge in [-0.25, -0.2) is 0 Å².